The molecule has 4 nitrogen and oxygen atoms in total. The van der Waals surface area contributed by atoms with E-state index in [0.29, 0.717) is 37.1 Å². The molecule has 0 aliphatic carbocycles. The number of hydrogen-bond acceptors (Lipinski definition) is 4. The Morgan fingerprint density at radius 3 is 1.55 bits per heavy atom. The summed E-state index contributed by atoms with van der Waals surface area (Å²) < 4.78 is 0. The second kappa shape index (κ2) is 5.95. The predicted octanol–water partition coefficient (Wildman–Crippen LogP) is 2.92. The van der Waals surface area contributed by atoms with E-state index in [-0.39, 0.29) is 0 Å². The van der Waals surface area contributed by atoms with Gasteiger partial charge in [0, 0.05) is 12.8 Å². The van der Waals surface area contributed by atoms with Gasteiger partial charge >= 0.3 is 0 Å². The summed E-state index contributed by atoms with van der Waals surface area (Å²) in [5.41, 5.74) is 15.2. The number of anilines is 2. The Balaban J connectivity index is 2.68. The Morgan fingerprint density at radius 1 is 0.800 bits per heavy atom. The number of nitrogens with two attached hydrogens (primary N) is 2. The van der Waals surface area contributed by atoms with E-state index in [1.54, 1.807) is 0 Å². The lowest BCUT2D eigenvalue weighted by atomic mass is 9.91. The van der Waals surface area contributed by atoms with Gasteiger partial charge in [0.1, 0.15) is 0 Å². The molecule has 2 aromatic rings. The van der Waals surface area contributed by atoms with Crippen molar-refractivity contribution >= 4 is 22.1 Å². The molecular formula is C16H16N4. The van der Waals surface area contributed by atoms with E-state index in [1.165, 1.54) is 0 Å². The smallest absolute Gasteiger partial charge is 0.0625 e. The third-order valence-electron chi connectivity index (χ3n) is 3.49. The number of nitriles is 2. The van der Waals surface area contributed by atoms with Gasteiger partial charge in [-0.15, -0.1) is 0 Å². The zero-order chi connectivity index (χ0) is 14.5. The van der Waals surface area contributed by atoms with Gasteiger partial charge in [-0.25, -0.2) is 0 Å². The van der Waals surface area contributed by atoms with Gasteiger partial charge in [-0.2, -0.15) is 10.5 Å². The molecule has 2 aromatic carbocycles. The van der Waals surface area contributed by atoms with Crippen LogP contribution >= 0.6 is 0 Å². The van der Waals surface area contributed by atoms with Crippen LogP contribution in [-0.4, -0.2) is 0 Å². The predicted molar refractivity (Wildman–Crippen MR) is 80.6 cm³/mol. The fourth-order valence-electron chi connectivity index (χ4n) is 2.53. The van der Waals surface area contributed by atoms with E-state index in [9.17, 15) is 0 Å². The molecule has 0 saturated carbocycles. The maximum atomic E-state index is 8.77. The van der Waals surface area contributed by atoms with Gasteiger partial charge in [-0.1, -0.05) is 24.3 Å². The van der Waals surface area contributed by atoms with E-state index in [1.807, 2.05) is 24.3 Å². The number of nitrogen functional groups attached to an aromatic ring is 2. The highest BCUT2D eigenvalue weighted by Gasteiger charge is 2.14. The largest absolute Gasteiger partial charge is 0.397 e. The summed E-state index contributed by atoms with van der Waals surface area (Å²) in [6.07, 6.45) is 1.99. The summed E-state index contributed by atoms with van der Waals surface area (Å²) >= 11 is 0. The van der Waals surface area contributed by atoms with Crippen molar-refractivity contribution in [3.8, 4) is 12.1 Å². The highest BCUT2D eigenvalue weighted by molar-refractivity contribution is 5.98. The fraction of sp³-hybridized carbons (Fsp3) is 0.250. The molecule has 0 atom stereocenters. The van der Waals surface area contributed by atoms with Gasteiger partial charge in [0.2, 0.25) is 0 Å². The molecule has 0 spiro atoms. The third-order valence-corrected chi connectivity index (χ3v) is 3.49. The minimum Gasteiger partial charge on any atom is -0.397 e. The molecule has 20 heavy (non-hydrogen) atoms. The van der Waals surface area contributed by atoms with Crippen molar-refractivity contribution in [3.05, 3.63) is 35.4 Å². The summed E-state index contributed by atoms with van der Waals surface area (Å²) in [6.45, 7) is 0. The van der Waals surface area contributed by atoms with E-state index in [2.05, 4.69) is 12.1 Å². The van der Waals surface area contributed by atoms with Crippen molar-refractivity contribution in [2.45, 2.75) is 25.7 Å². The Kier molecular flexibility index (Phi) is 4.08. The Morgan fingerprint density at radius 2 is 1.20 bits per heavy atom. The molecule has 0 bridgehead atoms. The average Bonchev–Trinajstić information content (AvgIpc) is 2.47. The molecule has 0 radical (unpaired) electrons. The highest BCUT2D eigenvalue weighted by Crippen LogP contribution is 2.35. The van der Waals surface area contributed by atoms with Crippen LogP contribution in [0.1, 0.15) is 24.0 Å². The van der Waals surface area contributed by atoms with Crippen LogP contribution in [0.3, 0.4) is 0 Å². The van der Waals surface area contributed by atoms with Gasteiger partial charge < -0.3 is 11.5 Å². The molecule has 0 aromatic heterocycles. The normalized spacial score (nSPS) is 10.1. The monoisotopic (exact) mass is 264 g/mol. The van der Waals surface area contributed by atoms with Crippen LogP contribution in [0.2, 0.25) is 0 Å². The summed E-state index contributed by atoms with van der Waals surface area (Å²) in [5, 5.41) is 19.6. The van der Waals surface area contributed by atoms with Crippen molar-refractivity contribution in [2.75, 3.05) is 11.5 Å². The van der Waals surface area contributed by atoms with Crippen molar-refractivity contribution in [3.63, 3.8) is 0 Å². The number of benzene rings is 2. The molecule has 0 fully saturated rings. The zero-order valence-corrected chi connectivity index (χ0v) is 11.2. The van der Waals surface area contributed by atoms with Crippen molar-refractivity contribution in [2.24, 2.45) is 0 Å². The van der Waals surface area contributed by atoms with Crippen LogP contribution in [0.15, 0.2) is 24.3 Å². The number of rotatable bonds is 4. The van der Waals surface area contributed by atoms with E-state index in [0.717, 1.165) is 21.9 Å². The van der Waals surface area contributed by atoms with Crippen LogP contribution < -0.4 is 11.5 Å². The van der Waals surface area contributed by atoms with E-state index < -0.39 is 0 Å². The average molecular weight is 264 g/mol. The van der Waals surface area contributed by atoms with Crippen molar-refractivity contribution < 1.29 is 0 Å². The summed E-state index contributed by atoms with van der Waals surface area (Å²) in [4.78, 5) is 0. The molecule has 4 heteroatoms. The summed E-state index contributed by atoms with van der Waals surface area (Å²) in [5.74, 6) is 0. The minimum atomic E-state index is 0.408. The lowest BCUT2D eigenvalue weighted by molar-refractivity contribution is 1.01. The second-order valence-electron chi connectivity index (χ2n) is 4.65. The molecule has 100 valence electrons. The van der Waals surface area contributed by atoms with Gasteiger partial charge in [0.05, 0.1) is 23.5 Å². The highest BCUT2D eigenvalue weighted by atomic mass is 14.7. The zero-order valence-electron chi connectivity index (χ0n) is 11.2. The summed E-state index contributed by atoms with van der Waals surface area (Å²) in [7, 11) is 0. The van der Waals surface area contributed by atoms with Crippen LogP contribution in [0, 0.1) is 22.7 Å². The van der Waals surface area contributed by atoms with Gasteiger partial charge in [-0.3, -0.25) is 0 Å². The van der Waals surface area contributed by atoms with Gasteiger partial charge in [0.25, 0.3) is 0 Å². The molecule has 0 heterocycles. The van der Waals surface area contributed by atoms with Crippen LogP contribution in [0.25, 0.3) is 10.8 Å². The topological polar surface area (TPSA) is 99.6 Å². The maximum Gasteiger partial charge on any atom is 0.0625 e. The van der Waals surface area contributed by atoms with Crippen molar-refractivity contribution in [1.82, 2.24) is 0 Å². The number of hydrogen-bond donors (Lipinski definition) is 2. The number of nitrogens with zero attached hydrogens (tertiary/aromatic N) is 2. The number of fused-ring (bicyclic) bond motifs is 1. The first-order valence-corrected chi connectivity index (χ1v) is 6.52. The summed E-state index contributed by atoms with van der Waals surface area (Å²) in [6, 6.07) is 12.2. The maximum absolute atomic E-state index is 8.77. The molecule has 0 unspecified atom stereocenters. The first-order valence-electron chi connectivity index (χ1n) is 6.52. The molecule has 0 amide bonds. The first-order chi connectivity index (χ1) is 9.70. The SMILES string of the molecule is N#CCCc1c(N)c(N)c(CCC#N)c2ccccc12. The first kappa shape index (κ1) is 13.7. The third kappa shape index (κ3) is 2.37. The molecule has 2 rings (SSSR count). The quantitative estimate of drug-likeness (QED) is 0.829. The lowest BCUT2D eigenvalue weighted by Crippen LogP contribution is -2.06. The second-order valence-corrected chi connectivity index (χ2v) is 4.65. The standard InChI is InChI=1S/C16H16N4/c17-9-3-7-13-11-5-1-2-6-12(11)14(8-4-10-18)16(20)15(13)19/h1-2,5-6H,3-4,7-8,19-20H2. The van der Waals surface area contributed by atoms with Crippen LogP contribution in [-0.2, 0) is 12.8 Å². The molecule has 0 aliphatic heterocycles. The number of aryl methyl sites for hydroxylation is 2. The molecule has 0 aliphatic rings. The molecular weight excluding hydrogens is 248 g/mol. The Bertz CT molecular complexity index is 657. The van der Waals surface area contributed by atoms with Gasteiger partial charge in [0.15, 0.2) is 0 Å². The molecule has 4 N–H and O–H groups in total. The van der Waals surface area contributed by atoms with Gasteiger partial charge in [-0.05, 0) is 34.7 Å². The Labute approximate surface area is 118 Å². The van der Waals surface area contributed by atoms with Crippen LogP contribution in [0.4, 0.5) is 11.4 Å². The minimum absolute atomic E-state index is 0.408. The van der Waals surface area contributed by atoms with E-state index in [4.69, 9.17) is 22.0 Å². The van der Waals surface area contributed by atoms with Crippen LogP contribution in [0.5, 0.6) is 0 Å². The van der Waals surface area contributed by atoms with E-state index >= 15 is 0 Å². The fourth-order valence-corrected chi connectivity index (χ4v) is 2.53. The molecule has 0 saturated heterocycles. The lowest BCUT2D eigenvalue weighted by Gasteiger charge is -2.16. The Hall–Kier alpha value is -2.72. The van der Waals surface area contributed by atoms with Crippen molar-refractivity contribution in [1.29, 1.82) is 10.5 Å².